The molecule has 28 heavy (non-hydrogen) atoms. The van der Waals surface area contributed by atoms with E-state index in [9.17, 15) is 9.59 Å². The highest BCUT2D eigenvalue weighted by Gasteiger charge is 2.20. The summed E-state index contributed by atoms with van der Waals surface area (Å²) in [5.74, 6) is 0.741. The second-order valence-corrected chi connectivity index (χ2v) is 6.62. The van der Waals surface area contributed by atoms with Crippen LogP contribution < -0.4 is 20.1 Å². The van der Waals surface area contributed by atoms with Crippen LogP contribution in [0.4, 0.5) is 5.69 Å². The van der Waals surface area contributed by atoms with Crippen molar-refractivity contribution >= 4 is 17.5 Å². The van der Waals surface area contributed by atoms with Gasteiger partial charge in [0.15, 0.2) is 11.5 Å². The summed E-state index contributed by atoms with van der Waals surface area (Å²) in [5, 5.41) is 9.69. The molecule has 8 heteroatoms. The fraction of sp³-hybridized carbons (Fsp3) is 0.450. The molecule has 1 heterocycles. The number of hydrogen-bond donors (Lipinski definition) is 2. The minimum atomic E-state index is -0.366. The van der Waals surface area contributed by atoms with E-state index in [4.69, 9.17) is 9.47 Å². The highest BCUT2D eigenvalue weighted by Crippen LogP contribution is 2.29. The number of anilines is 1. The Kier molecular flexibility index (Phi) is 7.43. The van der Waals surface area contributed by atoms with E-state index in [-0.39, 0.29) is 11.8 Å². The Labute approximate surface area is 165 Å². The molecule has 0 saturated heterocycles. The molecule has 0 aliphatic carbocycles. The number of nitrogens with zero attached hydrogens (tertiary/aromatic N) is 2. The second kappa shape index (κ2) is 9.77. The maximum Gasteiger partial charge on any atom is 0.271 e. The van der Waals surface area contributed by atoms with Gasteiger partial charge in [0.05, 0.1) is 25.1 Å². The molecule has 0 radical (unpaired) electrons. The molecule has 1 aromatic carbocycles. The summed E-state index contributed by atoms with van der Waals surface area (Å²) < 4.78 is 12.5. The van der Waals surface area contributed by atoms with Crippen LogP contribution in [0, 0.1) is 5.92 Å². The van der Waals surface area contributed by atoms with Crippen molar-refractivity contribution in [3.05, 3.63) is 35.7 Å². The third-order valence-electron chi connectivity index (χ3n) is 3.88. The predicted molar refractivity (Wildman–Crippen MR) is 107 cm³/mol. The van der Waals surface area contributed by atoms with Crippen molar-refractivity contribution in [3.8, 4) is 11.5 Å². The van der Waals surface area contributed by atoms with Gasteiger partial charge >= 0.3 is 0 Å². The van der Waals surface area contributed by atoms with Crippen LogP contribution in [0.2, 0.25) is 0 Å². The largest absolute Gasteiger partial charge is 0.490 e. The summed E-state index contributed by atoms with van der Waals surface area (Å²) in [6.07, 6.45) is 1.46. The van der Waals surface area contributed by atoms with Gasteiger partial charge in [0.2, 0.25) is 0 Å². The molecule has 2 N–H and O–H groups in total. The quantitative estimate of drug-likeness (QED) is 0.689. The molecule has 0 bridgehead atoms. The average Bonchev–Trinajstić information content (AvgIpc) is 3.01. The summed E-state index contributed by atoms with van der Waals surface area (Å²) in [5.41, 5.74) is 1.04. The van der Waals surface area contributed by atoms with Crippen LogP contribution >= 0.6 is 0 Å². The Balaban J connectivity index is 2.21. The van der Waals surface area contributed by atoms with E-state index in [0.717, 1.165) is 0 Å². The Morgan fingerprint density at radius 3 is 2.43 bits per heavy atom. The Bertz CT molecular complexity index is 830. The van der Waals surface area contributed by atoms with Crippen LogP contribution in [0.1, 0.15) is 48.5 Å². The molecule has 2 aromatic rings. The molecule has 2 amide bonds. The van der Waals surface area contributed by atoms with Gasteiger partial charge < -0.3 is 20.1 Å². The van der Waals surface area contributed by atoms with Crippen molar-refractivity contribution in [2.75, 3.05) is 25.1 Å². The minimum Gasteiger partial charge on any atom is -0.490 e. The summed E-state index contributed by atoms with van der Waals surface area (Å²) in [4.78, 5) is 25.2. The topological polar surface area (TPSA) is 94.5 Å². The standard InChI is InChI=1S/C20H28N4O4/c1-6-27-16-9-8-14(10-17(16)28-7-2)19(25)23-15-12-22-24(5)18(15)20(26)21-11-13(3)4/h8-10,12-13H,6-7,11H2,1-5H3,(H,21,26)(H,23,25). The van der Waals surface area contributed by atoms with Crippen molar-refractivity contribution in [2.24, 2.45) is 13.0 Å². The number of amides is 2. The Morgan fingerprint density at radius 2 is 1.79 bits per heavy atom. The number of aromatic nitrogens is 2. The van der Waals surface area contributed by atoms with Gasteiger partial charge in [-0.1, -0.05) is 13.8 Å². The zero-order chi connectivity index (χ0) is 20.7. The lowest BCUT2D eigenvalue weighted by molar-refractivity contribution is 0.0940. The zero-order valence-corrected chi connectivity index (χ0v) is 17.0. The first-order valence-electron chi connectivity index (χ1n) is 9.38. The van der Waals surface area contributed by atoms with Gasteiger partial charge in [-0.25, -0.2) is 0 Å². The first kappa shape index (κ1) is 21.3. The fourth-order valence-electron chi connectivity index (χ4n) is 2.57. The van der Waals surface area contributed by atoms with Gasteiger partial charge in [0.25, 0.3) is 11.8 Å². The highest BCUT2D eigenvalue weighted by molar-refractivity contribution is 6.08. The van der Waals surface area contributed by atoms with E-state index in [1.54, 1.807) is 25.2 Å². The molecular formula is C20H28N4O4. The van der Waals surface area contributed by atoms with Crippen molar-refractivity contribution < 1.29 is 19.1 Å². The summed E-state index contributed by atoms with van der Waals surface area (Å²) in [7, 11) is 1.66. The van der Waals surface area contributed by atoms with Gasteiger partial charge in [0.1, 0.15) is 5.69 Å². The normalized spacial score (nSPS) is 10.6. The predicted octanol–water partition coefficient (Wildman–Crippen LogP) is 2.86. The Hall–Kier alpha value is -3.03. The van der Waals surface area contributed by atoms with Crippen molar-refractivity contribution in [2.45, 2.75) is 27.7 Å². The van der Waals surface area contributed by atoms with Crippen molar-refractivity contribution in [1.82, 2.24) is 15.1 Å². The molecule has 152 valence electrons. The van der Waals surface area contributed by atoms with Gasteiger partial charge in [-0.05, 0) is 38.0 Å². The number of carbonyl (C=O) groups excluding carboxylic acids is 2. The van der Waals surface area contributed by atoms with Crippen LogP contribution in [0.5, 0.6) is 11.5 Å². The van der Waals surface area contributed by atoms with E-state index in [1.807, 2.05) is 27.7 Å². The van der Waals surface area contributed by atoms with Crippen LogP contribution in [0.15, 0.2) is 24.4 Å². The molecule has 2 rings (SSSR count). The van der Waals surface area contributed by atoms with E-state index in [2.05, 4.69) is 15.7 Å². The molecule has 0 atom stereocenters. The number of benzene rings is 1. The van der Waals surface area contributed by atoms with E-state index in [0.29, 0.717) is 54.1 Å². The van der Waals surface area contributed by atoms with Gasteiger partial charge in [0, 0.05) is 19.2 Å². The van der Waals surface area contributed by atoms with Gasteiger partial charge in [-0.15, -0.1) is 0 Å². The summed E-state index contributed by atoms with van der Waals surface area (Å²) in [6.45, 7) is 9.24. The number of aryl methyl sites for hydroxylation is 1. The number of ether oxygens (including phenoxy) is 2. The fourth-order valence-corrected chi connectivity index (χ4v) is 2.57. The second-order valence-electron chi connectivity index (χ2n) is 6.62. The summed E-state index contributed by atoms with van der Waals surface area (Å²) in [6, 6.07) is 4.97. The molecule has 0 aliphatic heterocycles. The lowest BCUT2D eigenvalue weighted by Crippen LogP contribution is -2.30. The molecule has 8 nitrogen and oxygen atoms in total. The number of hydrogen-bond acceptors (Lipinski definition) is 5. The van der Waals surface area contributed by atoms with Crippen molar-refractivity contribution in [1.29, 1.82) is 0 Å². The van der Waals surface area contributed by atoms with E-state index in [1.165, 1.54) is 10.9 Å². The van der Waals surface area contributed by atoms with Gasteiger partial charge in [-0.2, -0.15) is 5.10 Å². The van der Waals surface area contributed by atoms with Crippen molar-refractivity contribution in [3.63, 3.8) is 0 Å². The minimum absolute atomic E-state index is 0.286. The zero-order valence-electron chi connectivity index (χ0n) is 17.0. The third kappa shape index (κ3) is 5.25. The first-order chi connectivity index (χ1) is 13.4. The molecule has 0 fully saturated rings. The number of carbonyl (C=O) groups is 2. The van der Waals surface area contributed by atoms with Gasteiger partial charge in [-0.3, -0.25) is 14.3 Å². The molecular weight excluding hydrogens is 360 g/mol. The lowest BCUT2D eigenvalue weighted by Gasteiger charge is -2.13. The van der Waals surface area contributed by atoms with Crippen LogP contribution in [0.3, 0.4) is 0 Å². The van der Waals surface area contributed by atoms with Crippen LogP contribution in [-0.2, 0) is 7.05 Å². The molecule has 0 unspecified atom stereocenters. The average molecular weight is 388 g/mol. The SMILES string of the molecule is CCOc1ccc(C(=O)Nc2cnn(C)c2C(=O)NCC(C)C)cc1OCC. The third-order valence-corrected chi connectivity index (χ3v) is 3.88. The maximum absolute atomic E-state index is 12.7. The van der Waals surface area contributed by atoms with E-state index < -0.39 is 0 Å². The van der Waals surface area contributed by atoms with E-state index >= 15 is 0 Å². The molecule has 0 aliphatic rings. The molecule has 1 aromatic heterocycles. The van der Waals surface area contributed by atoms with Crippen LogP contribution in [-0.4, -0.2) is 41.4 Å². The number of rotatable bonds is 9. The molecule has 0 saturated carbocycles. The Morgan fingerprint density at radius 1 is 1.11 bits per heavy atom. The monoisotopic (exact) mass is 388 g/mol. The first-order valence-corrected chi connectivity index (χ1v) is 9.38. The van der Waals surface area contributed by atoms with Crippen LogP contribution in [0.25, 0.3) is 0 Å². The smallest absolute Gasteiger partial charge is 0.271 e. The summed E-state index contributed by atoms with van der Waals surface area (Å²) >= 11 is 0. The maximum atomic E-state index is 12.7. The lowest BCUT2D eigenvalue weighted by atomic mass is 10.1. The molecule has 0 spiro atoms. The highest BCUT2D eigenvalue weighted by atomic mass is 16.5. The number of nitrogens with one attached hydrogen (secondary N) is 2.